The van der Waals surface area contributed by atoms with E-state index in [1.807, 2.05) is 12.4 Å². The summed E-state index contributed by atoms with van der Waals surface area (Å²) in [5.74, 6) is 0. The van der Waals surface area contributed by atoms with Gasteiger partial charge in [0.1, 0.15) is 0 Å². The van der Waals surface area contributed by atoms with Gasteiger partial charge in [-0.3, -0.25) is 4.98 Å². The standard InChI is InChI=1S/C15H27N3O/c1-4-7-17-13-9-14(11-16-10-13)18-12-15(2,3)6-5-8-19/h9-11,17-19H,4-8,12H2,1-3H3. The Balaban J connectivity index is 2.48. The summed E-state index contributed by atoms with van der Waals surface area (Å²) in [6.45, 7) is 8.68. The Hall–Kier alpha value is -1.29. The summed E-state index contributed by atoms with van der Waals surface area (Å²) in [6, 6.07) is 2.09. The summed E-state index contributed by atoms with van der Waals surface area (Å²) < 4.78 is 0. The first-order valence-corrected chi connectivity index (χ1v) is 7.11. The van der Waals surface area contributed by atoms with E-state index in [1.54, 1.807) is 0 Å². The number of nitrogens with one attached hydrogen (secondary N) is 2. The van der Waals surface area contributed by atoms with Crippen LogP contribution in [0.3, 0.4) is 0 Å². The number of hydrogen-bond donors (Lipinski definition) is 3. The Bertz CT molecular complexity index is 366. The van der Waals surface area contributed by atoms with Gasteiger partial charge in [0.15, 0.2) is 0 Å². The molecule has 0 radical (unpaired) electrons. The predicted molar refractivity (Wildman–Crippen MR) is 81.6 cm³/mol. The number of hydrogen-bond acceptors (Lipinski definition) is 4. The van der Waals surface area contributed by atoms with E-state index in [2.05, 4.69) is 42.5 Å². The Kier molecular flexibility index (Phi) is 6.64. The molecule has 1 rings (SSSR count). The molecule has 0 unspecified atom stereocenters. The van der Waals surface area contributed by atoms with Crippen LogP contribution in [0.2, 0.25) is 0 Å². The van der Waals surface area contributed by atoms with Crippen molar-refractivity contribution in [1.82, 2.24) is 4.98 Å². The van der Waals surface area contributed by atoms with Crippen molar-refractivity contribution in [3.05, 3.63) is 18.5 Å². The fourth-order valence-electron chi connectivity index (χ4n) is 1.89. The number of anilines is 2. The highest BCUT2D eigenvalue weighted by molar-refractivity contribution is 5.53. The summed E-state index contributed by atoms with van der Waals surface area (Å²) in [7, 11) is 0. The third kappa shape index (κ3) is 6.43. The zero-order valence-corrected chi connectivity index (χ0v) is 12.4. The van der Waals surface area contributed by atoms with Gasteiger partial charge in [0.25, 0.3) is 0 Å². The normalized spacial score (nSPS) is 11.4. The summed E-state index contributed by atoms with van der Waals surface area (Å²) in [6.07, 6.45) is 6.66. The number of nitrogens with zero attached hydrogens (tertiary/aromatic N) is 1. The first-order chi connectivity index (χ1) is 9.07. The van der Waals surface area contributed by atoms with E-state index in [0.717, 1.165) is 43.7 Å². The average Bonchev–Trinajstić information content (AvgIpc) is 2.41. The van der Waals surface area contributed by atoms with Crippen molar-refractivity contribution >= 4 is 11.4 Å². The highest BCUT2D eigenvalue weighted by Gasteiger charge is 2.16. The van der Waals surface area contributed by atoms with Crippen LogP contribution in [-0.2, 0) is 0 Å². The average molecular weight is 265 g/mol. The third-order valence-electron chi connectivity index (χ3n) is 3.10. The van der Waals surface area contributed by atoms with E-state index in [1.165, 1.54) is 0 Å². The van der Waals surface area contributed by atoms with Crippen LogP contribution in [0.5, 0.6) is 0 Å². The molecule has 1 heterocycles. The van der Waals surface area contributed by atoms with Gasteiger partial charge in [-0.1, -0.05) is 20.8 Å². The highest BCUT2D eigenvalue weighted by Crippen LogP contribution is 2.23. The second-order valence-electron chi connectivity index (χ2n) is 5.73. The molecule has 0 spiro atoms. The molecule has 108 valence electrons. The smallest absolute Gasteiger partial charge is 0.0547 e. The zero-order valence-electron chi connectivity index (χ0n) is 12.4. The first kappa shape index (κ1) is 15.8. The maximum Gasteiger partial charge on any atom is 0.0547 e. The Morgan fingerprint density at radius 1 is 1.21 bits per heavy atom. The number of rotatable bonds is 9. The lowest BCUT2D eigenvalue weighted by Gasteiger charge is -2.25. The van der Waals surface area contributed by atoms with Crippen molar-refractivity contribution in [3.8, 4) is 0 Å². The fourth-order valence-corrected chi connectivity index (χ4v) is 1.89. The zero-order chi connectivity index (χ0) is 14.1. The van der Waals surface area contributed by atoms with Gasteiger partial charge < -0.3 is 15.7 Å². The minimum absolute atomic E-state index is 0.176. The van der Waals surface area contributed by atoms with Crippen LogP contribution < -0.4 is 10.6 Å². The number of aliphatic hydroxyl groups excluding tert-OH is 1. The molecule has 0 amide bonds. The second-order valence-corrected chi connectivity index (χ2v) is 5.73. The van der Waals surface area contributed by atoms with Crippen molar-refractivity contribution in [2.24, 2.45) is 5.41 Å². The van der Waals surface area contributed by atoms with Crippen LogP contribution in [0.4, 0.5) is 11.4 Å². The van der Waals surface area contributed by atoms with Crippen molar-refractivity contribution in [3.63, 3.8) is 0 Å². The molecular weight excluding hydrogens is 238 g/mol. The largest absolute Gasteiger partial charge is 0.396 e. The van der Waals surface area contributed by atoms with E-state index in [4.69, 9.17) is 5.11 Å². The van der Waals surface area contributed by atoms with Crippen LogP contribution >= 0.6 is 0 Å². The molecule has 0 fully saturated rings. The third-order valence-corrected chi connectivity index (χ3v) is 3.10. The molecule has 4 heteroatoms. The molecular formula is C15H27N3O. The van der Waals surface area contributed by atoms with Crippen LogP contribution in [0.25, 0.3) is 0 Å². The van der Waals surface area contributed by atoms with Crippen LogP contribution in [0.15, 0.2) is 18.5 Å². The second kappa shape index (κ2) is 8.00. The topological polar surface area (TPSA) is 57.2 Å². The SMILES string of the molecule is CCCNc1cncc(NCC(C)(C)CCCO)c1. The molecule has 0 saturated carbocycles. The summed E-state index contributed by atoms with van der Waals surface area (Å²) in [4.78, 5) is 4.24. The number of pyridine rings is 1. The quantitative estimate of drug-likeness (QED) is 0.642. The monoisotopic (exact) mass is 265 g/mol. The van der Waals surface area contributed by atoms with E-state index < -0.39 is 0 Å². The summed E-state index contributed by atoms with van der Waals surface area (Å²) >= 11 is 0. The predicted octanol–water partition coefficient (Wildman–Crippen LogP) is 3.11. The molecule has 0 atom stereocenters. The molecule has 0 saturated heterocycles. The minimum atomic E-state index is 0.176. The number of aliphatic hydroxyl groups is 1. The molecule has 1 aromatic rings. The van der Waals surface area contributed by atoms with E-state index in [0.29, 0.717) is 0 Å². The van der Waals surface area contributed by atoms with Gasteiger partial charge in [-0.15, -0.1) is 0 Å². The van der Waals surface area contributed by atoms with E-state index in [-0.39, 0.29) is 12.0 Å². The number of aromatic nitrogens is 1. The van der Waals surface area contributed by atoms with Crippen LogP contribution in [0.1, 0.15) is 40.0 Å². The molecule has 0 aromatic carbocycles. The molecule has 0 aliphatic heterocycles. The first-order valence-electron chi connectivity index (χ1n) is 7.11. The van der Waals surface area contributed by atoms with Crippen LogP contribution in [0, 0.1) is 5.41 Å². The molecule has 3 N–H and O–H groups in total. The lowest BCUT2D eigenvalue weighted by atomic mass is 9.88. The summed E-state index contributed by atoms with van der Waals surface area (Å²) in [5.41, 5.74) is 2.27. The molecule has 1 aromatic heterocycles. The van der Waals surface area contributed by atoms with E-state index >= 15 is 0 Å². The molecule has 0 aliphatic rings. The fraction of sp³-hybridized carbons (Fsp3) is 0.667. The molecule has 19 heavy (non-hydrogen) atoms. The Morgan fingerprint density at radius 3 is 2.53 bits per heavy atom. The Labute approximate surface area is 116 Å². The van der Waals surface area contributed by atoms with Crippen LogP contribution in [-0.4, -0.2) is 29.8 Å². The van der Waals surface area contributed by atoms with Crippen molar-refractivity contribution in [1.29, 1.82) is 0 Å². The Morgan fingerprint density at radius 2 is 1.89 bits per heavy atom. The highest BCUT2D eigenvalue weighted by atomic mass is 16.2. The minimum Gasteiger partial charge on any atom is -0.396 e. The van der Waals surface area contributed by atoms with Gasteiger partial charge >= 0.3 is 0 Å². The van der Waals surface area contributed by atoms with Gasteiger partial charge in [-0.2, -0.15) is 0 Å². The van der Waals surface area contributed by atoms with Gasteiger partial charge in [0.05, 0.1) is 23.8 Å². The molecule has 4 nitrogen and oxygen atoms in total. The van der Waals surface area contributed by atoms with Crippen molar-refractivity contribution in [2.75, 3.05) is 30.3 Å². The maximum atomic E-state index is 8.89. The van der Waals surface area contributed by atoms with Crippen molar-refractivity contribution in [2.45, 2.75) is 40.0 Å². The maximum absolute atomic E-state index is 8.89. The lowest BCUT2D eigenvalue weighted by molar-refractivity contribution is 0.248. The van der Waals surface area contributed by atoms with Gasteiger partial charge in [-0.05, 0) is 30.7 Å². The van der Waals surface area contributed by atoms with Gasteiger partial charge in [-0.25, -0.2) is 0 Å². The van der Waals surface area contributed by atoms with Crippen molar-refractivity contribution < 1.29 is 5.11 Å². The van der Waals surface area contributed by atoms with Gasteiger partial charge in [0, 0.05) is 19.7 Å². The molecule has 0 bridgehead atoms. The summed E-state index contributed by atoms with van der Waals surface area (Å²) in [5, 5.41) is 15.7. The van der Waals surface area contributed by atoms with E-state index in [9.17, 15) is 0 Å². The molecule has 0 aliphatic carbocycles. The lowest BCUT2D eigenvalue weighted by Crippen LogP contribution is -2.23. The van der Waals surface area contributed by atoms with Gasteiger partial charge in [0.2, 0.25) is 0 Å².